The summed E-state index contributed by atoms with van der Waals surface area (Å²) in [5.74, 6) is 0.274. The van der Waals surface area contributed by atoms with Crippen molar-refractivity contribution in [2.24, 2.45) is 0 Å². The van der Waals surface area contributed by atoms with Crippen molar-refractivity contribution in [3.63, 3.8) is 0 Å². The molecule has 0 aliphatic carbocycles. The Balaban J connectivity index is 2.07. The number of aromatic nitrogens is 2. The molecule has 1 N–H and O–H groups in total. The summed E-state index contributed by atoms with van der Waals surface area (Å²) >= 11 is 0. The van der Waals surface area contributed by atoms with Crippen molar-refractivity contribution >= 4 is 17.7 Å². The Morgan fingerprint density at radius 3 is 2.45 bits per heavy atom. The SMILES string of the molecule is COC(=O)n1ccc(C(=O)Nc2ccc(OC)cc2)n1. The average molecular weight is 275 g/mol. The number of rotatable bonds is 3. The summed E-state index contributed by atoms with van der Waals surface area (Å²) in [4.78, 5) is 23.1. The maximum atomic E-state index is 11.9. The Bertz CT molecular complexity index is 619. The number of benzene rings is 1. The van der Waals surface area contributed by atoms with E-state index >= 15 is 0 Å². The van der Waals surface area contributed by atoms with Gasteiger partial charge in [0.1, 0.15) is 5.75 Å². The predicted molar refractivity (Wildman–Crippen MR) is 71.0 cm³/mol. The summed E-state index contributed by atoms with van der Waals surface area (Å²) in [5.41, 5.74) is 0.717. The molecule has 1 aromatic carbocycles. The van der Waals surface area contributed by atoms with E-state index in [-0.39, 0.29) is 5.69 Å². The van der Waals surface area contributed by atoms with Crippen LogP contribution in [0.4, 0.5) is 10.5 Å². The lowest BCUT2D eigenvalue weighted by Crippen LogP contribution is -2.16. The van der Waals surface area contributed by atoms with Gasteiger partial charge in [0.05, 0.1) is 14.2 Å². The number of nitrogens with one attached hydrogen (secondary N) is 1. The number of ether oxygens (including phenoxy) is 2. The molecule has 104 valence electrons. The smallest absolute Gasteiger partial charge is 0.434 e. The molecule has 0 atom stereocenters. The van der Waals surface area contributed by atoms with Gasteiger partial charge in [0, 0.05) is 11.9 Å². The first-order valence-electron chi connectivity index (χ1n) is 5.73. The third-order valence-corrected chi connectivity index (χ3v) is 2.53. The summed E-state index contributed by atoms with van der Waals surface area (Å²) in [6.45, 7) is 0. The van der Waals surface area contributed by atoms with E-state index in [1.54, 1.807) is 31.4 Å². The minimum absolute atomic E-state index is 0.117. The molecule has 2 aromatic rings. The molecule has 0 spiro atoms. The molecule has 0 saturated heterocycles. The Morgan fingerprint density at radius 2 is 1.85 bits per heavy atom. The standard InChI is InChI=1S/C13H13N3O4/c1-19-10-5-3-9(4-6-10)14-12(17)11-7-8-16(15-11)13(18)20-2/h3-8H,1-2H3,(H,14,17). The molecule has 7 nitrogen and oxygen atoms in total. The average Bonchev–Trinajstić information content (AvgIpc) is 2.97. The Hall–Kier alpha value is -2.83. The maximum Gasteiger partial charge on any atom is 0.434 e. The Morgan fingerprint density at radius 1 is 1.15 bits per heavy atom. The van der Waals surface area contributed by atoms with Crippen LogP contribution in [-0.4, -0.2) is 36.0 Å². The maximum absolute atomic E-state index is 11.9. The van der Waals surface area contributed by atoms with Gasteiger partial charge in [-0.2, -0.15) is 9.78 Å². The monoisotopic (exact) mass is 275 g/mol. The molecule has 1 heterocycles. The van der Waals surface area contributed by atoms with Crippen molar-refractivity contribution in [2.45, 2.75) is 0 Å². The fraction of sp³-hybridized carbons (Fsp3) is 0.154. The molecule has 0 saturated carbocycles. The van der Waals surface area contributed by atoms with Gasteiger partial charge in [-0.05, 0) is 30.3 Å². The zero-order valence-corrected chi connectivity index (χ0v) is 11.0. The van der Waals surface area contributed by atoms with Crippen LogP contribution in [-0.2, 0) is 4.74 Å². The Kier molecular flexibility index (Phi) is 3.99. The third-order valence-electron chi connectivity index (χ3n) is 2.53. The molecule has 0 unspecified atom stereocenters. The number of methoxy groups -OCH3 is 2. The summed E-state index contributed by atoms with van der Waals surface area (Å²) < 4.78 is 10.5. The number of carbonyl (C=O) groups excluding carboxylic acids is 2. The first-order chi connectivity index (χ1) is 9.63. The summed E-state index contributed by atoms with van der Waals surface area (Å²) in [6.07, 6.45) is 0.697. The molecule has 0 bridgehead atoms. The van der Waals surface area contributed by atoms with Crippen molar-refractivity contribution in [2.75, 3.05) is 19.5 Å². The third kappa shape index (κ3) is 2.94. The van der Waals surface area contributed by atoms with Gasteiger partial charge in [0.25, 0.3) is 5.91 Å². The fourth-order valence-corrected chi connectivity index (χ4v) is 1.51. The molecule has 0 aliphatic rings. The van der Waals surface area contributed by atoms with Crippen LogP contribution in [0.2, 0.25) is 0 Å². The van der Waals surface area contributed by atoms with E-state index < -0.39 is 12.0 Å². The number of nitrogens with zero attached hydrogens (tertiary/aromatic N) is 2. The van der Waals surface area contributed by atoms with Crippen LogP contribution in [0.25, 0.3) is 0 Å². The second-order valence-corrected chi connectivity index (χ2v) is 3.80. The lowest BCUT2D eigenvalue weighted by molar-refractivity contribution is 0.102. The van der Waals surface area contributed by atoms with E-state index in [9.17, 15) is 9.59 Å². The van der Waals surface area contributed by atoms with Crippen molar-refractivity contribution in [3.8, 4) is 5.75 Å². The van der Waals surface area contributed by atoms with Crippen LogP contribution in [0.1, 0.15) is 10.5 Å². The molecule has 0 radical (unpaired) electrons. The molecular weight excluding hydrogens is 262 g/mol. The van der Waals surface area contributed by atoms with E-state index in [2.05, 4.69) is 15.2 Å². The van der Waals surface area contributed by atoms with Gasteiger partial charge in [-0.15, -0.1) is 0 Å². The lowest BCUT2D eigenvalue weighted by Gasteiger charge is -2.04. The molecule has 1 aromatic heterocycles. The highest BCUT2D eigenvalue weighted by Crippen LogP contribution is 2.15. The summed E-state index contributed by atoms with van der Waals surface area (Å²) in [5, 5.41) is 6.47. The van der Waals surface area contributed by atoms with Crippen LogP contribution in [0.5, 0.6) is 5.75 Å². The molecule has 0 fully saturated rings. The van der Waals surface area contributed by atoms with Crippen LogP contribution in [0.15, 0.2) is 36.5 Å². The number of anilines is 1. The first kappa shape index (κ1) is 13.6. The van der Waals surface area contributed by atoms with Gasteiger partial charge < -0.3 is 14.8 Å². The minimum atomic E-state index is -0.659. The second-order valence-electron chi connectivity index (χ2n) is 3.80. The van der Waals surface area contributed by atoms with E-state index in [0.29, 0.717) is 11.4 Å². The number of amides is 1. The van der Waals surface area contributed by atoms with Gasteiger partial charge in [-0.1, -0.05) is 0 Å². The van der Waals surface area contributed by atoms with Crippen molar-refractivity contribution < 1.29 is 19.1 Å². The predicted octanol–water partition coefficient (Wildman–Crippen LogP) is 1.76. The van der Waals surface area contributed by atoms with Gasteiger partial charge >= 0.3 is 6.09 Å². The van der Waals surface area contributed by atoms with Gasteiger partial charge in [-0.25, -0.2) is 4.79 Å². The van der Waals surface area contributed by atoms with Crippen LogP contribution < -0.4 is 10.1 Å². The van der Waals surface area contributed by atoms with Crippen molar-refractivity contribution in [1.82, 2.24) is 9.78 Å². The first-order valence-corrected chi connectivity index (χ1v) is 5.73. The van der Waals surface area contributed by atoms with Crippen LogP contribution in [0, 0.1) is 0 Å². The van der Waals surface area contributed by atoms with Crippen LogP contribution >= 0.6 is 0 Å². The number of hydrogen-bond acceptors (Lipinski definition) is 5. The zero-order valence-electron chi connectivity index (χ0n) is 11.0. The lowest BCUT2D eigenvalue weighted by atomic mass is 10.3. The van der Waals surface area contributed by atoms with Gasteiger partial charge in [0.15, 0.2) is 5.69 Å². The topological polar surface area (TPSA) is 82.5 Å². The quantitative estimate of drug-likeness (QED) is 0.922. The fourth-order valence-electron chi connectivity index (χ4n) is 1.51. The van der Waals surface area contributed by atoms with E-state index in [4.69, 9.17) is 4.74 Å². The van der Waals surface area contributed by atoms with E-state index in [1.807, 2.05) is 0 Å². The highest BCUT2D eigenvalue weighted by molar-refractivity contribution is 6.03. The molecule has 1 amide bonds. The highest BCUT2D eigenvalue weighted by atomic mass is 16.5. The second kappa shape index (κ2) is 5.87. The molecule has 0 aliphatic heterocycles. The summed E-state index contributed by atoms with van der Waals surface area (Å²) in [7, 11) is 2.80. The van der Waals surface area contributed by atoms with E-state index in [0.717, 1.165) is 4.68 Å². The van der Waals surface area contributed by atoms with E-state index in [1.165, 1.54) is 19.4 Å². The van der Waals surface area contributed by atoms with Crippen LogP contribution in [0.3, 0.4) is 0 Å². The highest BCUT2D eigenvalue weighted by Gasteiger charge is 2.13. The van der Waals surface area contributed by atoms with Crippen molar-refractivity contribution in [3.05, 3.63) is 42.2 Å². The summed E-state index contributed by atoms with van der Waals surface area (Å²) in [6, 6.07) is 8.28. The molecule has 20 heavy (non-hydrogen) atoms. The van der Waals surface area contributed by atoms with Gasteiger partial charge in [0.2, 0.25) is 0 Å². The minimum Gasteiger partial charge on any atom is -0.497 e. The number of carbonyl (C=O) groups is 2. The van der Waals surface area contributed by atoms with Gasteiger partial charge in [-0.3, -0.25) is 4.79 Å². The largest absolute Gasteiger partial charge is 0.497 e. The molecular formula is C13H13N3O4. The number of hydrogen-bond donors (Lipinski definition) is 1. The molecule has 2 rings (SSSR count). The zero-order chi connectivity index (χ0) is 14.5. The normalized spacial score (nSPS) is 9.90. The van der Waals surface area contributed by atoms with Crippen molar-refractivity contribution in [1.29, 1.82) is 0 Å². The Labute approximate surface area is 115 Å². The molecule has 7 heteroatoms.